The molecule has 0 aromatic heterocycles. The molecule has 0 saturated carbocycles. The topological polar surface area (TPSA) is 26.0 Å². The highest BCUT2D eigenvalue weighted by Gasteiger charge is 2.39. The van der Waals surface area contributed by atoms with Crippen LogP contribution in [0.4, 0.5) is 13.2 Å². The highest BCUT2D eigenvalue weighted by Crippen LogP contribution is 2.38. The lowest BCUT2D eigenvalue weighted by atomic mass is 9.97. The van der Waals surface area contributed by atoms with Crippen molar-refractivity contribution in [3.63, 3.8) is 0 Å². The molecule has 0 aliphatic heterocycles. The number of rotatable bonds is 4. The molecule has 7 heteroatoms. The average molecular weight is 395 g/mol. The lowest BCUT2D eigenvalue weighted by Gasteiger charge is -2.18. The van der Waals surface area contributed by atoms with Crippen LogP contribution in [0.2, 0.25) is 15.1 Å². The third-order valence-corrected chi connectivity index (χ3v) is 4.52. The zero-order valence-electron chi connectivity index (χ0n) is 12.2. The zero-order chi connectivity index (χ0) is 17.9. The Balaban J connectivity index is 2.36. The van der Waals surface area contributed by atoms with Crippen LogP contribution >= 0.6 is 34.8 Å². The molecule has 1 unspecified atom stereocenters. The summed E-state index contributed by atoms with van der Waals surface area (Å²) in [5, 5.41) is 0.694. The summed E-state index contributed by atoms with van der Waals surface area (Å²) in [6, 6.07) is 8.79. The van der Waals surface area contributed by atoms with Gasteiger partial charge in [-0.25, -0.2) is 0 Å². The number of halogens is 6. The van der Waals surface area contributed by atoms with Gasteiger partial charge in [-0.3, -0.25) is 0 Å². The SMILES string of the molecule is NCc1ccc(C=CC(c2ccc(Cl)c(Cl)c2)C(F)(F)F)cc1Cl. The molecule has 0 bridgehead atoms. The van der Waals surface area contributed by atoms with E-state index >= 15 is 0 Å². The van der Waals surface area contributed by atoms with Crippen LogP contribution in [0.25, 0.3) is 6.08 Å². The van der Waals surface area contributed by atoms with Gasteiger partial charge in [0, 0.05) is 11.6 Å². The van der Waals surface area contributed by atoms with E-state index in [1.54, 1.807) is 18.2 Å². The zero-order valence-corrected chi connectivity index (χ0v) is 14.5. The molecule has 0 radical (unpaired) electrons. The average Bonchev–Trinajstić information content (AvgIpc) is 2.50. The van der Waals surface area contributed by atoms with Crippen LogP contribution in [0.3, 0.4) is 0 Å². The Morgan fingerprint density at radius 1 is 0.958 bits per heavy atom. The van der Waals surface area contributed by atoms with Crippen LogP contribution in [-0.2, 0) is 6.54 Å². The molecule has 128 valence electrons. The molecule has 2 aromatic carbocycles. The van der Waals surface area contributed by atoms with Crippen molar-refractivity contribution >= 4 is 40.9 Å². The van der Waals surface area contributed by atoms with Crippen LogP contribution in [0.1, 0.15) is 22.6 Å². The number of hydrogen-bond acceptors (Lipinski definition) is 1. The summed E-state index contributed by atoms with van der Waals surface area (Å²) >= 11 is 17.6. The predicted octanol–water partition coefficient (Wildman–Crippen LogP) is 6.46. The fraction of sp³-hybridized carbons (Fsp3) is 0.176. The number of nitrogens with two attached hydrogens (primary N) is 1. The maximum atomic E-state index is 13.4. The van der Waals surface area contributed by atoms with Crippen molar-refractivity contribution < 1.29 is 13.2 Å². The summed E-state index contributed by atoms with van der Waals surface area (Å²) in [6.45, 7) is 0.261. The number of allylic oxidation sites excluding steroid dienone is 1. The standard InChI is InChI=1S/C17H13Cl3F3N/c18-14-6-4-11(8-16(14)20)13(17(21,22)23)5-2-10-1-3-12(9-24)15(19)7-10/h1-8,13H,9,24H2. The second-order valence-electron chi connectivity index (χ2n) is 5.11. The maximum absolute atomic E-state index is 13.4. The van der Waals surface area contributed by atoms with Crippen LogP contribution < -0.4 is 5.73 Å². The Morgan fingerprint density at radius 2 is 1.67 bits per heavy atom. The fourth-order valence-electron chi connectivity index (χ4n) is 2.16. The Hall–Kier alpha value is -1.20. The molecule has 24 heavy (non-hydrogen) atoms. The first kappa shape index (κ1) is 19.1. The molecule has 0 amide bonds. The quantitative estimate of drug-likeness (QED) is 0.632. The third-order valence-electron chi connectivity index (χ3n) is 3.43. The summed E-state index contributed by atoms with van der Waals surface area (Å²) < 4.78 is 40.1. The number of benzene rings is 2. The van der Waals surface area contributed by atoms with Crippen molar-refractivity contribution in [1.29, 1.82) is 0 Å². The molecule has 0 aliphatic rings. The first-order chi connectivity index (χ1) is 11.2. The van der Waals surface area contributed by atoms with Crippen molar-refractivity contribution in [2.75, 3.05) is 0 Å². The second kappa shape index (κ2) is 7.79. The smallest absolute Gasteiger partial charge is 0.326 e. The van der Waals surface area contributed by atoms with Gasteiger partial charge < -0.3 is 5.73 Å². The Labute approximate surface area is 152 Å². The van der Waals surface area contributed by atoms with Gasteiger partial charge in [-0.15, -0.1) is 0 Å². The van der Waals surface area contributed by atoms with Crippen LogP contribution in [0.5, 0.6) is 0 Å². The molecule has 0 fully saturated rings. The minimum absolute atomic E-state index is 0.0119. The summed E-state index contributed by atoms with van der Waals surface area (Å²) in [5.74, 6) is -1.81. The molecule has 0 spiro atoms. The van der Waals surface area contributed by atoms with Crippen molar-refractivity contribution in [2.45, 2.75) is 18.6 Å². The minimum Gasteiger partial charge on any atom is -0.326 e. The van der Waals surface area contributed by atoms with E-state index in [4.69, 9.17) is 40.5 Å². The normalized spacial score (nSPS) is 13.5. The van der Waals surface area contributed by atoms with E-state index in [1.165, 1.54) is 24.3 Å². The van der Waals surface area contributed by atoms with Gasteiger partial charge in [-0.2, -0.15) is 13.2 Å². The molecule has 1 atom stereocenters. The van der Waals surface area contributed by atoms with Gasteiger partial charge >= 0.3 is 6.18 Å². The maximum Gasteiger partial charge on any atom is 0.399 e. The fourth-order valence-corrected chi connectivity index (χ4v) is 2.73. The number of alkyl halides is 3. The predicted molar refractivity (Wildman–Crippen MR) is 93.6 cm³/mol. The molecule has 0 heterocycles. The highest BCUT2D eigenvalue weighted by atomic mass is 35.5. The Morgan fingerprint density at radius 3 is 2.21 bits per heavy atom. The van der Waals surface area contributed by atoms with Gasteiger partial charge in [0.05, 0.1) is 16.0 Å². The summed E-state index contributed by atoms with van der Waals surface area (Å²) in [4.78, 5) is 0. The van der Waals surface area contributed by atoms with E-state index in [1.807, 2.05) is 0 Å². The Bertz CT molecular complexity index is 757. The third kappa shape index (κ3) is 4.67. The van der Waals surface area contributed by atoms with Crippen LogP contribution in [-0.4, -0.2) is 6.18 Å². The van der Waals surface area contributed by atoms with Gasteiger partial charge in [-0.1, -0.05) is 65.2 Å². The summed E-state index contributed by atoms with van der Waals surface area (Å²) in [7, 11) is 0. The first-order valence-corrected chi connectivity index (χ1v) is 8.04. The molecule has 0 aliphatic carbocycles. The lowest BCUT2D eigenvalue weighted by Crippen LogP contribution is -2.18. The van der Waals surface area contributed by atoms with Crippen molar-refractivity contribution in [1.82, 2.24) is 0 Å². The van der Waals surface area contributed by atoms with Crippen LogP contribution in [0, 0.1) is 0 Å². The minimum atomic E-state index is -4.46. The van der Waals surface area contributed by atoms with E-state index in [2.05, 4.69) is 0 Å². The molecule has 1 nitrogen and oxygen atoms in total. The van der Waals surface area contributed by atoms with Gasteiger partial charge in [0.15, 0.2) is 0 Å². The number of hydrogen-bond donors (Lipinski definition) is 1. The highest BCUT2D eigenvalue weighted by molar-refractivity contribution is 6.42. The first-order valence-electron chi connectivity index (χ1n) is 6.90. The van der Waals surface area contributed by atoms with E-state index in [0.29, 0.717) is 10.6 Å². The van der Waals surface area contributed by atoms with Gasteiger partial charge in [-0.05, 0) is 34.9 Å². The van der Waals surface area contributed by atoms with Crippen molar-refractivity contribution in [2.24, 2.45) is 5.73 Å². The van der Waals surface area contributed by atoms with Crippen molar-refractivity contribution in [3.05, 3.63) is 74.2 Å². The van der Waals surface area contributed by atoms with E-state index < -0.39 is 12.1 Å². The molecule has 2 aromatic rings. The molecule has 2 N–H and O–H groups in total. The second-order valence-corrected chi connectivity index (χ2v) is 6.33. The summed E-state index contributed by atoms with van der Waals surface area (Å²) in [5.41, 5.74) is 6.79. The van der Waals surface area contributed by atoms with Crippen molar-refractivity contribution in [3.8, 4) is 0 Å². The van der Waals surface area contributed by atoms with Gasteiger partial charge in [0.2, 0.25) is 0 Å². The molecule has 2 rings (SSSR count). The summed E-state index contributed by atoms with van der Waals surface area (Å²) in [6.07, 6.45) is -2.03. The van der Waals surface area contributed by atoms with Gasteiger partial charge in [0.25, 0.3) is 0 Å². The molecular formula is C17H13Cl3F3N. The molecular weight excluding hydrogens is 382 g/mol. The van der Waals surface area contributed by atoms with E-state index in [-0.39, 0.29) is 22.2 Å². The van der Waals surface area contributed by atoms with Crippen LogP contribution in [0.15, 0.2) is 42.5 Å². The van der Waals surface area contributed by atoms with E-state index in [0.717, 1.165) is 11.6 Å². The Kier molecular flexibility index (Phi) is 6.21. The molecule has 0 saturated heterocycles. The monoisotopic (exact) mass is 393 g/mol. The van der Waals surface area contributed by atoms with E-state index in [9.17, 15) is 13.2 Å². The van der Waals surface area contributed by atoms with Gasteiger partial charge in [0.1, 0.15) is 0 Å². The lowest BCUT2D eigenvalue weighted by molar-refractivity contribution is -0.139. The largest absolute Gasteiger partial charge is 0.399 e.